The molecule has 0 N–H and O–H groups in total. The molecule has 0 aliphatic heterocycles. The zero-order chi connectivity index (χ0) is 12.1. The molecule has 0 amide bonds. The zero-order valence-electron chi connectivity index (χ0n) is 10.4. The molecule has 0 spiro atoms. The van der Waals surface area contributed by atoms with E-state index in [4.69, 9.17) is 0 Å². The minimum atomic E-state index is 1.02. The average molecular weight is 226 g/mol. The summed E-state index contributed by atoms with van der Waals surface area (Å²) in [6.45, 7) is 5.33. The van der Waals surface area contributed by atoms with Gasteiger partial charge in [-0.2, -0.15) is 0 Å². The fourth-order valence-electron chi connectivity index (χ4n) is 1.88. The first-order valence-corrected chi connectivity index (χ1v) is 6.05. The van der Waals surface area contributed by atoms with Crippen molar-refractivity contribution in [2.24, 2.45) is 0 Å². The van der Waals surface area contributed by atoms with Crippen molar-refractivity contribution in [3.05, 3.63) is 54.4 Å². The van der Waals surface area contributed by atoms with Crippen molar-refractivity contribution in [1.29, 1.82) is 0 Å². The molecule has 17 heavy (non-hydrogen) atoms. The van der Waals surface area contributed by atoms with Crippen LogP contribution in [-0.4, -0.2) is 11.5 Å². The van der Waals surface area contributed by atoms with Crippen LogP contribution in [-0.2, 0) is 0 Å². The molecule has 2 aromatic rings. The second kappa shape index (κ2) is 5.48. The number of pyridine rings is 1. The van der Waals surface area contributed by atoms with Crippen LogP contribution >= 0.6 is 0 Å². The molecule has 0 saturated carbocycles. The van der Waals surface area contributed by atoms with Crippen molar-refractivity contribution in [2.45, 2.75) is 20.3 Å². The highest BCUT2D eigenvalue weighted by molar-refractivity contribution is 5.62. The largest absolute Gasteiger partial charge is 0.341 e. The molecule has 0 bridgehead atoms. The molecule has 0 atom stereocenters. The maximum atomic E-state index is 4.07. The molecule has 1 aromatic heterocycles. The molecule has 0 radical (unpaired) electrons. The van der Waals surface area contributed by atoms with Gasteiger partial charge >= 0.3 is 0 Å². The van der Waals surface area contributed by atoms with Crippen molar-refractivity contribution in [1.82, 2.24) is 4.98 Å². The fourth-order valence-corrected chi connectivity index (χ4v) is 1.88. The zero-order valence-corrected chi connectivity index (χ0v) is 10.4. The molecule has 88 valence electrons. The summed E-state index contributed by atoms with van der Waals surface area (Å²) in [7, 11) is 0. The first-order valence-electron chi connectivity index (χ1n) is 6.05. The predicted octanol–water partition coefficient (Wildman–Crippen LogP) is 3.94. The average Bonchev–Trinajstić information content (AvgIpc) is 2.38. The second-order valence-electron chi connectivity index (χ2n) is 4.19. The lowest BCUT2D eigenvalue weighted by Gasteiger charge is -2.24. The van der Waals surface area contributed by atoms with Gasteiger partial charge in [0.2, 0.25) is 0 Å². The van der Waals surface area contributed by atoms with E-state index in [1.807, 2.05) is 12.4 Å². The second-order valence-corrected chi connectivity index (χ2v) is 4.19. The summed E-state index contributed by atoms with van der Waals surface area (Å²) in [6, 6.07) is 12.8. The lowest BCUT2D eigenvalue weighted by molar-refractivity contribution is 0.884. The summed E-state index contributed by atoms with van der Waals surface area (Å²) in [5.41, 5.74) is 3.73. The van der Waals surface area contributed by atoms with E-state index in [2.05, 4.69) is 60.1 Å². The van der Waals surface area contributed by atoms with Gasteiger partial charge in [-0.3, -0.25) is 4.98 Å². The molecule has 0 aliphatic rings. The van der Waals surface area contributed by atoms with E-state index in [1.54, 1.807) is 0 Å². The highest BCUT2D eigenvalue weighted by atomic mass is 15.1. The Balaban J connectivity index is 2.32. The summed E-state index contributed by atoms with van der Waals surface area (Å²) in [5.74, 6) is 0. The van der Waals surface area contributed by atoms with E-state index in [9.17, 15) is 0 Å². The lowest BCUT2D eigenvalue weighted by atomic mass is 10.2. The molecule has 2 heteroatoms. The first kappa shape index (κ1) is 11.6. The SMILES string of the molecule is CCCN(c1ccncc1)c1ccc(C)cc1. The Labute approximate surface area is 103 Å². The van der Waals surface area contributed by atoms with Gasteiger partial charge < -0.3 is 4.90 Å². The van der Waals surface area contributed by atoms with E-state index in [-0.39, 0.29) is 0 Å². The Morgan fingerprint density at radius 3 is 2.12 bits per heavy atom. The molecule has 1 aromatic carbocycles. The van der Waals surface area contributed by atoms with Gasteiger partial charge in [0.1, 0.15) is 0 Å². The van der Waals surface area contributed by atoms with Crippen LogP contribution in [0.5, 0.6) is 0 Å². The van der Waals surface area contributed by atoms with Crippen molar-refractivity contribution < 1.29 is 0 Å². The van der Waals surface area contributed by atoms with Crippen molar-refractivity contribution in [3.63, 3.8) is 0 Å². The van der Waals surface area contributed by atoms with E-state index in [0.717, 1.165) is 13.0 Å². The van der Waals surface area contributed by atoms with E-state index in [1.165, 1.54) is 16.9 Å². The normalized spacial score (nSPS) is 10.2. The standard InChI is InChI=1S/C15H18N2/c1-3-12-17(15-8-10-16-11-9-15)14-6-4-13(2)5-7-14/h4-11H,3,12H2,1-2H3. The number of anilines is 2. The summed E-state index contributed by atoms with van der Waals surface area (Å²) >= 11 is 0. The van der Waals surface area contributed by atoms with Crippen LogP contribution in [0.3, 0.4) is 0 Å². The number of aromatic nitrogens is 1. The van der Waals surface area contributed by atoms with Gasteiger partial charge in [0.25, 0.3) is 0 Å². The third kappa shape index (κ3) is 2.84. The minimum absolute atomic E-state index is 1.02. The fraction of sp³-hybridized carbons (Fsp3) is 0.267. The first-order chi connectivity index (χ1) is 8.31. The Hall–Kier alpha value is -1.83. The van der Waals surface area contributed by atoms with Gasteiger partial charge in [0.15, 0.2) is 0 Å². The summed E-state index contributed by atoms with van der Waals surface area (Å²) in [4.78, 5) is 6.39. The van der Waals surface area contributed by atoms with Gasteiger partial charge in [-0.1, -0.05) is 24.6 Å². The van der Waals surface area contributed by atoms with Crippen molar-refractivity contribution >= 4 is 11.4 Å². The Morgan fingerprint density at radius 1 is 0.941 bits per heavy atom. The topological polar surface area (TPSA) is 16.1 Å². The van der Waals surface area contributed by atoms with Crippen LogP contribution in [0, 0.1) is 6.92 Å². The number of nitrogens with zero attached hydrogens (tertiary/aromatic N) is 2. The van der Waals surface area contributed by atoms with Crippen molar-refractivity contribution in [3.8, 4) is 0 Å². The maximum absolute atomic E-state index is 4.07. The van der Waals surface area contributed by atoms with Gasteiger partial charge in [0.05, 0.1) is 0 Å². The molecule has 1 heterocycles. The highest BCUT2D eigenvalue weighted by Gasteiger charge is 2.07. The molecule has 0 fully saturated rings. The number of aryl methyl sites for hydroxylation is 1. The smallest absolute Gasteiger partial charge is 0.0441 e. The van der Waals surface area contributed by atoms with Crippen LogP contribution in [0.15, 0.2) is 48.8 Å². The lowest BCUT2D eigenvalue weighted by Crippen LogP contribution is -2.17. The quantitative estimate of drug-likeness (QED) is 0.785. The Bertz CT molecular complexity index is 448. The van der Waals surface area contributed by atoms with E-state index < -0.39 is 0 Å². The van der Waals surface area contributed by atoms with Gasteiger partial charge in [0, 0.05) is 30.3 Å². The Morgan fingerprint density at radius 2 is 1.53 bits per heavy atom. The number of benzene rings is 1. The third-order valence-corrected chi connectivity index (χ3v) is 2.77. The number of hydrogen-bond donors (Lipinski definition) is 0. The molecule has 0 unspecified atom stereocenters. The van der Waals surface area contributed by atoms with Gasteiger partial charge in [-0.15, -0.1) is 0 Å². The molecular formula is C15H18N2. The summed E-state index contributed by atoms with van der Waals surface area (Å²) in [6.07, 6.45) is 4.80. The predicted molar refractivity (Wildman–Crippen MR) is 72.7 cm³/mol. The van der Waals surface area contributed by atoms with Crippen LogP contribution in [0.2, 0.25) is 0 Å². The number of hydrogen-bond acceptors (Lipinski definition) is 2. The van der Waals surface area contributed by atoms with Crippen LogP contribution in [0.25, 0.3) is 0 Å². The van der Waals surface area contributed by atoms with Crippen molar-refractivity contribution in [2.75, 3.05) is 11.4 Å². The molecular weight excluding hydrogens is 208 g/mol. The van der Waals surface area contributed by atoms with E-state index in [0.29, 0.717) is 0 Å². The van der Waals surface area contributed by atoms with Gasteiger partial charge in [-0.05, 0) is 37.6 Å². The molecule has 2 rings (SSSR count). The molecule has 0 aliphatic carbocycles. The van der Waals surface area contributed by atoms with Gasteiger partial charge in [-0.25, -0.2) is 0 Å². The third-order valence-electron chi connectivity index (χ3n) is 2.77. The number of rotatable bonds is 4. The Kier molecular flexibility index (Phi) is 3.76. The van der Waals surface area contributed by atoms with E-state index >= 15 is 0 Å². The summed E-state index contributed by atoms with van der Waals surface area (Å²) < 4.78 is 0. The monoisotopic (exact) mass is 226 g/mol. The van der Waals surface area contributed by atoms with Crippen LogP contribution < -0.4 is 4.90 Å². The highest BCUT2D eigenvalue weighted by Crippen LogP contribution is 2.24. The minimum Gasteiger partial charge on any atom is -0.341 e. The van der Waals surface area contributed by atoms with Crippen LogP contribution in [0.1, 0.15) is 18.9 Å². The molecule has 0 saturated heterocycles. The maximum Gasteiger partial charge on any atom is 0.0441 e. The van der Waals surface area contributed by atoms with Crippen LogP contribution in [0.4, 0.5) is 11.4 Å². The molecule has 2 nitrogen and oxygen atoms in total. The summed E-state index contributed by atoms with van der Waals surface area (Å²) in [5, 5.41) is 0.